The molecule has 0 radical (unpaired) electrons. The second kappa shape index (κ2) is 8.72. The van der Waals surface area contributed by atoms with E-state index in [1.165, 1.54) is 5.39 Å². The van der Waals surface area contributed by atoms with Crippen molar-refractivity contribution in [3.05, 3.63) is 134 Å². The Morgan fingerprint density at radius 2 is 0.909 bits per heavy atom. The van der Waals surface area contributed by atoms with E-state index in [0.29, 0.717) is 5.71 Å². The van der Waals surface area contributed by atoms with Gasteiger partial charge in [0.25, 0.3) is 0 Å². The zero-order valence-electron chi connectivity index (χ0n) is 23.3. The largest absolute Gasteiger partial charge is 0.456 e. The Morgan fingerprint density at radius 3 is 1.57 bits per heavy atom. The van der Waals surface area contributed by atoms with Crippen LogP contribution in [0.4, 0.5) is 17.1 Å². The molecular formula is C39H22N2O3. The van der Waals surface area contributed by atoms with Crippen molar-refractivity contribution < 1.29 is 13.3 Å². The number of fused-ring (bicyclic) bond motifs is 10. The summed E-state index contributed by atoms with van der Waals surface area (Å²) in [5.41, 5.74) is 7.81. The summed E-state index contributed by atoms with van der Waals surface area (Å²) >= 11 is 0. The molecule has 0 N–H and O–H groups in total. The van der Waals surface area contributed by atoms with E-state index in [4.69, 9.17) is 18.2 Å². The van der Waals surface area contributed by atoms with Gasteiger partial charge >= 0.3 is 0 Å². The van der Waals surface area contributed by atoms with E-state index < -0.39 is 0 Å². The summed E-state index contributed by atoms with van der Waals surface area (Å²) in [6.45, 7) is 0. The van der Waals surface area contributed by atoms with Crippen LogP contribution in [0, 0.1) is 0 Å². The van der Waals surface area contributed by atoms with Crippen LogP contribution in [0.1, 0.15) is 0 Å². The first-order valence-electron chi connectivity index (χ1n) is 14.6. The van der Waals surface area contributed by atoms with Gasteiger partial charge in [-0.3, -0.25) is 0 Å². The van der Waals surface area contributed by atoms with Crippen LogP contribution >= 0.6 is 0 Å². The molecule has 0 unspecified atom stereocenters. The Hall–Kier alpha value is -6.07. The van der Waals surface area contributed by atoms with Gasteiger partial charge in [0.2, 0.25) is 5.71 Å². The molecule has 0 atom stereocenters. The van der Waals surface area contributed by atoms with Crippen LogP contribution in [0.3, 0.4) is 0 Å². The van der Waals surface area contributed by atoms with Crippen LogP contribution in [0.25, 0.3) is 76.7 Å². The minimum Gasteiger partial charge on any atom is -0.456 e. The van der Waals surface area contributed by atoms with Crippen LogP contribution in [0.15, 0.2) is 147 Å². The van der Waals surface area contributed by atoms with Crippen molar-refractivity contribution in [2.45, 2.75) is 0 Å². The van der Waals surface area contributed by atoms with Crippen molar-refractivity contribution in [1.29, 1.82) is 0 Å². The Labute approximate surface area is 250 Å². The van der Waals surface area contributed by atoms with Crippen molar-refractivity contribution in [1.82, 2.24) is 4.98 Å². The molecule has 0 aliphatic rings. The van der Waals surface area contributed by atoms with Crippen molar-refractivity contribution in [3.8, 4) is 0 Å². The summed E-state index contributed by atoms with van der Waals surface area (Å²) in [4.78, 5) is 7.08. The summed E-state index contributed by atoms with van der Waals surface area (Å²) in [6.07, 6.45) is 1.89. The van der Waals surface area contributed by atoms with Gasteiger partial charge < -0.3 is 18.2 Å². The van der Waals surface area contributed by atoms with Gasteiger partial charge in [0.05, 0.1) is 17.3 Å². The summed E-state index contributed by atoms with van der Waals surface area (Å²) in [5.74, 6) is 0. The number of aromatic nitrogens is 1. The van der Waals surface area contributed by atoms with Crippen LogP contribution in [0.5, 0.6) is 0 Å². The predicted octanol–water partition coefficient (Wildman–Crippen LogP) is 11.4. The number of rotatable bonds is 3. The zero-order chi connectivity index (χ0) is 28.8. The van der Waals surface area contributed by atoms with Crippen molar-refractivity contribution in [2.75, 3.05) is 4.90 Å². The van der Waals surface area contributed by atoms with Gasteiger partial charge in [-0.05, 0) is 77.5 Å². The van der Waals surface area contributed by atoms with Crippen LogP contribution in [-0.2, 0) is 0 Å². The Bertz CT molecular complexity index is 2630. The van der Waals surface area contributed by atoms with Gasteiger partial charge in [0, 0.05) is 38.3 Å². The zero-order valence-corrected chi connectivity index (χ0v) is 23.3. The summed E-state index contributed by atoms with van der Waals surface area (Å²) in [6, 6.07) is 43.9. The second-order valence-corrected chi connectivity index (χ2v) is 11.2. The standard InChI is InChI=1S/C39H22N2O3/c1-2-8-24-18-38-30(17-23(24)7-1)33-21-27(22-40-39(33)44-38)41(25-13-15-36-31(19-25)28-9-3-5-11-34(28)42-36)26-14-16-37-32(20-26)29-10-4-6-12-35(29)43-37/h1-22H. The number of anilines is 3. The van der Waals surface area contributed by atoms with Gasteiger partial charge in [-0.1, -0.05) is 60.7 Å². The molecule has 4 heterocycles. The maximum atomic E-state index is 6.24. The van der Waals surface area contributed by atoms with Crippen LogP contribution in [-0.4, -0.2) is 4.98 Å². The Kier molecular flexibility index (Phi) is 4.66. The maximum Gasteiger partial charge on any atom is 0.227 e. The van der Waals surface area contributed by atoms with E-state index in [1.54, 1.807) is 0 Å². The highest BCUT2D eigenvalue weighted by atomic mass is 16.3. The normalized spacial score (nSPS) is 12.1. The van der Waals surface area contributed by atoms with E-state index in [0.717, 1.165) is 82.7 Å². The smallest absolute Gasteiger partial charge is 0.227 e. The number of hydrogen-bond donors (Lipinski definition) is 0. The molecule has 0 saturated carbocycles. The van der Waals surface area contributed by atoms with E-state index in [9.17, 15) is 0 Å². The van der Waals surface area contributed by atoms with Gasteiger partial charge in [-0.15, -0.1) is 0 Å². The van der Waals surface area contributed by atoms with Crippen molar-refractivity contribution in [2.24, 2.45) is 0 Å². The highest BCUT2D eigenvalue weighted by Gasteiger charge is 2.20. The number of furan rings is 3. The fraction of sp³-hybridized carbons (Fsp3) is 0. The lowest BCUT2D eigenvalue weighted by Gasteiger charge is -2.25. The molecule has 4 aromatic heterocycles. The Morgan fingerprint density at radius 1 is 0.386 bits per heavy atom. The molecule has 5 nitrogen and oxygen atoms in total. The van der Waals surface area contributed by atoms with Crippen LogP contribution in [0.2, 0.25) is 0 Å². The third kappa shape index (κ3) is 3.38. The lowest BCUT2D eigenvalue weighted by molar-refractivity contribution is 0.654. The molecule has 6 aromatic carbocycles. The number of benzene rings is 6. The van der Waals surface area contributed by atoms with E-state index in [2.05, 4.69) is 89.8 Å². The minimum absolute atomic E-state index is 0.617. The average Bonchev–Trinajstić information content (AvgIpc) is 3.74. The molecule has 10 rings (SSSR count). The lowest BCUT2D eigenvalue weighted by atomic mass is 10.1. The SMILES string of the molecule is c1ccc2cc3c(cc2c1)oc1ncc(N(c2ccc4oc5ccccc5c4c2)c2ccc4oc5ccccc5c4c2)cc13. The molecule has 5 heteroatoms. The van der Waals surface area contributed by atoms with E-state index >= 15 is 0 Å². The maximum absolute atomic E-state index is 6.24. The molecule has 0 saturated heterocycles. The fourth-order valence-corrected chi connectivity index (χ4v) is 6.61. The van der Waals surface area contributed by atoms with Gasteiger partial charge in [-0.2, -0.15) is 0 Å². The van der Waals surface area contributed by atoms with Gasteiger partial charge in [0.1, 0.15) is 27.9 Å². The number of nitrogens with zero attached hydrogens (tertiary/aromatic N) is 2. The number of hydrogen-bond acceptors (Lipinski definition) is 5. The van der Waals surface area contributed by atoms with Crippen LogP contribution < -0.4 is 4.90 Å². The topological polar surface area (TPSA) is 55.6 Å². The third-order valence-corrected chi connectivity index (χ3v) is 8.68. The van der Waals surface area contributed by atoms with Crippen molar-refractivity contribution >= 4 is 93.8 Å². The summed E-state index contributed by atoms with van der Waals surface area (Å²) < 4.78 is 18.6. The minimum atomic E-state index is 0.617. The first kappa shape index (κ1) is 23.5. The molecule has 206 valence electrons. The monoisotopic (exact) mass is 566 g/mol. The first-order chi connectivity index (χ1) is 21.8. The molecule has 44 heavy (non-hydrogen) atoms. The molecule has 0 bridgehead atoms. The number of pyridine rings is 1. The molecule has 0 fully saturated rings. The highest BCUT2D eigenvalue weighted by Crippen LogP contribution is 2.42. The first-order valence-corrected chi connectivity index (χ1v) is 14.6. The summed E-state index contributed by atoms with van der Waals surface area (Å²) in [7, 11) is 0. The second-order valence-electron chi connectivity index (χ2n) is 11.2. The quantitative estimate of drug-likeness (QED) is 0.213. The molecule has 0 spiro atoms. The third-order valence-electron chi connectivity index (χ3n) is 8.68. The van der Waals surface area contributed by atoms with E-state index in [1.807, 2.05) is 48.7 Å². The predicted molar refractivity (Wildman–Crippen MR) is 178 cm³/mol. The molecular weight excluding hydrogens is 544 g/mol. The number of para-hydroxylation sites is 2. The fourth-order valence-electron chi connectivity index (χ4n) is 6.61. The van der Waals surface area contributed by atoms with Crippen molar-refractivity contribution in [3.63, 3.8) is 0 Å². The molecule has 0 aliphatic carbocycles. The molecule has 0 amide bonds. The Balaban J connectivity index is 1.24. The summed E-state index contributed by atoms with van der Waals surface area (Å²) in [5, 5.41) is 8.61. The van der Waals surface area contributed by atoms with Gasteiger partial charge in [0.15, 0.2) is 0 Å². The highest BCUT2D eigenvalue weighted by molar-refractivity contribution is 6.11. The van der Waals surface area contributed by atoms with Gasteiger partial charge in [-0.25, -0.2) is 4.98 Å². The molecule has 0 aliphatic heterocycles. The average molecular weight is 567 g/mol. The van der Waals surface area contributed by atoms with E-state index in [-0.39, 0.29) is 0 Å². The lowest BCUT2D eigenvalue weighted by Crippen LogP contribution is -2.10. The molecule has 10 aromatic rings.